The van der Waals surface area contributed by atoms with Crippen LogP contribution in [0.3, 0.4) is 0 Å². The van der Waals surface area contributed by atoms with Crippen LogP contribution in [-0.2, 0) is 6.42 Å². The molecule has 0 N–H and O–H groups in total. The molecule has 0 spiro atoms. The van der Waals surface area contributed by atoms with E-state index in [2.05, 4.69) is 37.8 Å². The molecule has 0 aliphatic rings. The molecule has 0 aliphatic carbocycles. The van der Waals surface area contributed by atoms with Crippen molar-refractivity contribution in [3.8, 4) is 28.0 Å². The number of unbranched alkanes of at least 4 members (excludes halogenated alkanes) is 5. The first-order valence-electron chi connectivity index (χ1n) is 12.1. The normalized spacial score (nSPS) is 10.9. The van der Waals surface area contributed by atoms with Crippen LogP contribution in [0.4, 0.5) is 8.78 Å². The van der Waals surface area contributed by atoms with Gasteiger partial charge in [0.25, 0.3) is 0 Å². The van der Waals surface area contributed by atoms with Gasteiger partial charge >= 0.3 is 0 Å². The van der Waals surface area contributed by atoms with Gasteiger partial charge in [-0.1, -0.05) is 87.2 Å². The van der Waals surface area contributed by atoms with Crippen molar-refractivity contribution in [2.75, 3.05) is 6.61 Å². The average molecular weight is 449 g/mol. The van der Waals surface area contributed by atoms with Crippen molar-refractivity contribution in [1.29, 1.82) is 0 Å². The fourth-order valence-electron chi connectivity index (χ4n) is 3.91. The molecule has 174 valence electrons. The van der Waals surface area contributed by atoms with E-state index >= 15 is 0 Å². The number of hydrogen-bond donors (Lipinski definition) is 0. The molecule has 0 radical (unpaired) electrons. The molecule has 3 heteroatoms. The highest BCUT2D eigenvalue weighted by Crippen LogP contribution is 2.31. The highest BCUT2D eigenvalue weighted by molar-refractivity contribution is 5.71. The smallest absolute Gasteiger partial charge is 0.201 e. The second-order valence-corrected chi connectivity index (χ2v) is 8.46. The van der Waals surface area contributed by atoms with E-state index in [9.17, 15) is 8.78 Å². The van der Waals surface area contributed by atoms with E-state index in [1.165, 1.54) is 43.7 Å². The van der Waals surface area contributed by atoms with E-state index in [4.69, 9.17) is 4.74 Å². The largest absolute Gasteiger partial charge is 0.490 e. The van der Waals surface area contributed by atoms with Crippen LogP contribution >= 0.6 is 0 Å². The Morgan fingerprint density at radius 3 is 2.03 bits per heavy atom. The standard InChI is InChI=1S/C30H34F2O/c1-3-5-7-8-9-11-23-12-14-24(15-13-23)25-16-18-26(19-17-25)27-20-21-28(30(32)29(27)31)33-22-10-6-4-2/h4,12-21H,2-3,5-11,22H2,1H3. The van der Waals surface area contributed by atoms with Gasteiger partial charge in [0, 0.05) is 5.56 Å². The van der Waals surface area contributed by atoms with Gasteiger partial charge in [0.15, 0.2) is 11.6 Å². The van der Waals surface area contributed by atoms with E-state index in [1.54, 1.807) is 12.1 Å². The van der Waals surface area contributed by atoms with Crippen molar-refractivity contribution in [3.05, 3.63) is 90.5 Å². The van der Waals surface area contributed by atoms with Gasteiger partial charge in [0.05, 0.1) is 6.61 Å². The first-order chi connectivity index (χ1) is 16.1. The van der Waals surface area contributed by atoms with E-state index in [1.807, 2.05) is 24.3 Å². The number of allylic oxidation sites excluding steroid dienone is 1. The van der Waals surface area contributed by atoms with Crippen molar-refractivity contribution in [1.82, 2.24) is 0 Å². The molecule has 0 fully saturated rings. The summed E-state index contributed by atoms with van der Waals surface area (Å²) in [5.41, 5.74) is 4.40. The molecule has 0 saturated heterocycles. The number of hydrogen-bond acceptors (Lipinski definition) is 1. The van der Waals surface area contributed by atoms with E-state index in [-0.39, 0.29) is 11.3 Å². The van der Waals surface area contributed by atoms with Gasteiger partial charge < -0.3 is 4.74 Å². The van der Waals surface area contributed by atoms with Gasteiger partial charge in [0.2, 0.25) is 5.82 Å². The molecule has 3 aromatic carbocycles. The molecular weight excluding hydrogens is 414 g/mol. The zero-order chi connectivity index (χ0) is 23.5. The predicted octanol–water partition coefficient (Wildman–Crippen LogP) is 9.16. The molecule has 0 unspecified atom stereocenters. The Hall–Kier alpha value is -2.94. The Morgan fingerprint density at radius 1 is 0.727 bits per heavy atom. The second-order valence-electron chi connectivity index (χ2n) is 8.46. The molecule has 33 heavy (non-hydrogen) atoms. The van der Waals surface area contributed by atoms with Crippen LogP contribution in [0.15, 0.2) is 73.3 Å². The first kappa shape index (κ1) is 24.7. The summed E-state index contributed by atoms with van der Waals surface area (Å²) in [4.78, 5) is 0. The predicted molar refractivity (Wildman–Crippen MR) is 135 cm³/mol. The lowest BCUT2D eigenvalue weighted by Crippen LogP contribution is -2.01. The average Bonchev–Trinajstić information content (AvgIpc) is 2.85. The lowest BCUT2D eigenvalue weighted by atomic mass is 9.98. The summed E-state index contributed by atoms with van der Waals surface area (Å²) < 4.78 is 34.5. The molecule has 0 heterocycles. The molecule has 1 nitrogen and oxygen atoms in total. The van der Waals surface area contributed by atoms with Crippen LogP contribution in [0.1, 0.15) is 57.4 Å². The summed E-state index contributed by atoms with van der Waals surface area (Å²) in [5, 5.41) is 0. The summed E-state index contributed by atoms with van der Waals surface area (Å²) >= 11 is 0. The van der Waals surface area contributed by atoms with Crippen LogP contribution in [-0.4, -0.2) is 6.61 Å². The first-order valence-corrected chi connectivity index (χ1v) is 12.1. The maximum absolute atomic E-state index is 14.7. The van der Waals surface area contributed by atoms with Crippen molar-refractivity contribution in [2.24, 2.45) is 0 Å². The Balaban J connectivity index is 1.64. The molecule has 0 aliphatic heterocycles. The molecular formula is C30H34F2O. The van der Waals surface area contributed by atoms with Gasteiger partial charge in [-0.3, -0.25) is 0 Å². The van der Waals surface area contributed by atoms with Gasteiger partial charge in [0.1, 0.15) is 0 Å². The third-order valence-corrected chi connectivity index (χ3v) is 5.91. The summed E-state index contributed by atoms with van der Waals surface area (Å²) in [6.45, 7) is 6.20. The third-order valence-electron chi connectivity index (χ3n) is 5.91. The monoisotopic (exact) mass is 448 g/mol. The van der Waals surface area contributed by atoms with Gasteiger partial charge in [-0.05, 0) is 60.1 Å². The minimum absolute atomic E-state index is 0.0533. The van der Waals surface area contributed by atoms with Crippen molar-refractivity contribution < 1.29 is 13.5 Å². The Morgan fingerprint density at radius 2 is 1.36 bits per heavy atom. The maximum atomic E-state index is 14.7. The topological polar surface area (TPSA) is 9.23 Å². The minimum Gasteiger partial charge on any atom is -0.490 e. The van der Waals surface area contributed by atoms with Gasteiger partial charge in [-0.2, -0.15) is 4.39 Å². The van der Waals surface area contributed by atoms with Crippen molar-refractivity contribution >= 4 is 0 Å². The van der Waals surface area contributed by atoms with E-state index in [0.29, 0.717) is 18.6 Å². The molecule has 0 amide bonds. The van der Waals surface area contributed by atoms with E-state index < -0.39 is 11.6 Å². The highest BCUT2D eigenvalue weighted by Gasteiger charge is 2.16. The molecule has 0 aromatic heterocycles. The van der Waals surface area contributed by atoms with Crippen LogP contribution in [0, 0.1) is 11.6 Å². The zero-order valence-electron chi connectivity index (χ0n) is 19.6. The molecule has 3 rings (SSSR count). The fraction of sp³-hybridized carbons (Fsp3) is 0.333. The number of aryl methyl sites for hydroxylation is 1. The van der Waals surface area contributed by atoms with Gasteiger partial charge in [-0.25, -0.2) is 4.39 Å². The Bertz CT molecular complexity index is 1010. The summed E-state index contributed by atoms with van der Waals surface area (Å²) in [6.07, 6.45) is 10.8. The van der Waals surface area contributed by atoms with Crippen LogP contribution in [0.25, 0.3) is 22.3 Å². The lowest BCUT2D eigenvalue weighted by Gasteiger charge is -2.11. The minimum atomic E-state index is -0.944. The van der Waals surface area contributed by atoms with Gasteiger partial charge in [-0.15, -0.1) is 6.58 Å². The maximum Gasteiger partial charge on any atom is 0.201 e. The third kappa shape index (κ3) is 7.02. The van der Waals surface area contributed by atoms with E-state index in [0.717, 1.165) is 24.0 Å². The quantitative estimate of drug-likeness (QED) is 0.187. The van der Waals surface area contributed by atoms with Crippen LogP contribution in [0.2, 0.25) is 0 Å². The molecule has 3 aromatic rings. The lowest BCUT2D eigenvalue weighted by molar-refractivity contribution is 0.291. The number of rotatable bonds is 13. The number of benzene rings is 3. The van der Waals surface area contributed by atoms with Crippen LogP contribution in [0.5, 0.6) is 5.75 Å². The summed E-state index contributed by atoms with van der Waals surface area (Å²) in [6, 6.07) is 19.3. The molecule has 0 saturated carbocycles. The zero-order valence-corrected chi connectivity index (χ0v) is 19.6. The van der Waals surface area contributed by atoms with Crippen LogP contribution < -0.4 is 4.74 Å². The second kappa shape index (κ2) is 12.9. The fourth-order valence-corrected chi connectivity index (χ4v) is 3.91. The molecule has 0 atom stereocenters. The Labute approximate surface area is 197 Å². The SMILES string of the molecule is C=CCCCOc1ccc(-c2ccc(-c3ccc(CCCCCCC)cc3)cc2)c(F)c1F. The molecule has 0 bridgehead atoms. The summed E-state index contributed by atoms with van der Waals surface area (Å²) in [7, 11) is 0. The Kier molecular flexibility index (Phi) is 9.68. The van der Waals surface area contributed by atoms with Crippen molar-refractivity contribution in [2.45, 2.75) is 58.3 Å². The summed E-state index contributed by atoms with van der Waals surface area (Å²) in [5.74, 6) is -1.88. The number of halogens is 2. The van der Waals surface area contributed by atoms with Crippen molar-refractivity contribution in [3.63, 3.8) is 0 Å². The highest BCUT2D eigenvalue weighted by atomic mass is 19.2. The number of ether oxygens (including phenoxy) is 1.